The van der Waals surface area contributed by atoms with Crippen LogP contribution in [0.5, 0.6) is 0 Å². The van der Waals surface area contributed by atoms with E-state index in [4.69, 9.17) is 22.1 Å². The highest BCUT2D eigenvalue weighted by molar-refractivity contribution is 7.71. The summed E-state index contributed by atoms with van der Waals surface area (Å²) in [6.45, 7) is 1.43. The number of aliphatic hydroxyl groups is 3. The van der Waals surface area contributed by atoms with Crippen LogP contribution in [0.1, 0.15) is 11.9 Å². The highest BCUT2D eigenvalue weighted by atomic mass is 32.1. The molecule has 1 aliphatic rings. The van der Waals surface area contributed by atoms with Crippen molar-refractivity contribution in [1.29, 1.82) is 0 Å². The maximum absolute atomic E-state index is 10.0. The van der Waals surface area contributed by atoms with Gasteiger partial charge in [-0.05, 0) is 19.1 Å². The van der Waals surface area contributed by atoms with Crippen molar-refractivity contribution >= 4 is 23.4 Å². The molecule has 0 saturated carbocycles. The maximum Gasteiger partial charge on any atom is 0.199 e. The van der Waals surface area contributed by atoms with Crippen molar-refractivity contribution in [1.82, 2.24) is 19.5 Å². The summed E-state index contributed by atoms with van der Waals surface area (Å²) in [7, 11) is 0. The number of hydrogen-bond donors (Lipinski definition) is 4. The standard InChI is InChI=1S/C11H14N4O4S/c1-4-6-9(14-11(20)13-4)15(3-12-6)10-8(18)7(17)5(2-16)19-10/h3,5,7-8,10,16-18H,2H2,1H3,(H,13,14,20). The smallest absolute Gasteiger partial charge is 0.199 e. The Morgan fingerprint density at radius 2 is 2.20 bits per heavy atom. The quantitative estimate of drug-likeness (QED) is 0.547. The predicted octanol–water partition coefficient (Wildman–Crippen LogP) is -0.591. The molecule has 4 N–H and O–H groups in total. The van der Waals surface area contributed by atoms with Crippen molar-refractivity contribution in [2.45, 2.75) is 31.5 Å². The van der Waals surface area contributed by atoms with Crippen molar-refractivity contribution in [3.05, 3.63) is 16.8 Å². The molecule has 1 aliphatic heterocycles. The number of aliphatic hydroxyl groups excluding tert-OH is 3. The molecule has 4 unspecified atom stereocenters. The lowest BCUT2D eigenvalue weighted by Crippen LogP contribution is -2.33. The van der Waals surface area contributed by atoms with Gasteiger partial charge in [0.15, 0.2) is 16.6 Å². The van der Waals surface area contributed by atoms with E-state index >= 15 is 0 Å². The number of aromatic amines is 1. The van der Waals surface area contributed by atoms with Crippen LogP contribution in [0, 0.1) is 11.7 Å². The second kappa shape index (κ2) is 4.86. The predicted molar refractivity (Wildman–Crippen MR) is 70.5 cm³/mol. The van der Waals surface area contributed by atoms with Gasteiger partial charge >= 0.3 is 0 Å². The summed E-state index contributed by atoms with van der Waals surface area (Å²) in [5.41, 5.74) is 1.82. The van der Waals surface area contributed by atoms with Gasteiger partial charge in [-0.3, -0.25) is 4.57 Å². The first-order chi connectivity index (χ1) is 9.52. The first-order valence-electron chi connectivity index (χ1n) is 6.09. The molecule has 9 heteroatoms. The number of ether oxygens (including phenoxy) is 1. The molecule has 3 heterocycles. The fourth-order valence-electron chi connectivity index (χ4n) is 2.37. The normalized spacial score (nSPS) is 30.2. The highest BCUT2D eigenvalue weighted by Gasteiger charge is 2.43. The van der Waals surface area contributed by atoms with E-state index in [1.165, 1.54) is 10.9 Å². The van der Waals surface area contributed by atoms with Gasteiger partial charge in [-0.25, -0.2) is 4.98 Å². The summed E-state index contributed by atoms with van der Waals surface area (Å²) in [5.74, 6) is 0. The van der Waals surface area contributed by atoms with Crippen LogP contribution in [0.2, 0.25) is 0 Å². The van der Waals surface area contributed by atoms with Gasteiger partial charge in [-0.2, -0.15) is 4.98 Å². The van der Waals surface area contributed by atoms with E-state index in [1.807, 2.05) is 6.92 Å². The minimum Gasteiger partial charge on any atom is -0.394 e. The van der Waals surface area contributed by atoms with Crippen LogP contribution < -0.4 is 0 Å². The van der Waals surface area contributed by atoms with E-state index < -0.39 is 24.5 Å². The second-order valence-electron chi connectivity index (χ2n) is 4.72. The van der Waals surface area contributed by atoms with Crippen LogP contribution in [0.4, 0.5) is 0 Å². The van der Waals surface area contributed by atoms with Crippen LogP contribution in [0.15, 0.2) is 6.33 Å². The number of hydrogen-bond acceptors (Lipinski definition) is 7. The molecule has 0 bridgehead atoms. The molecule has 20 heavy (non-hydrogen) atoms. The number of nitrogens with zero attached hydrogens (tertiary/aromatic N) is 3. The largest absolute Gasteiger partial charge is 0.394 e. The van der Waals surface area contributed by atoms with Crippen molar-refractivity contribution in [3.63, 3.8) is 0 Å². The van der Waals surface area contributed by atoms with Gasteiger partial charge in [0.2, 0.25) is 0 Å². The second-order valence-corrected chi connectivity index (χ2v) is 5.11. The van der Waals surface area contributed by atoms with Crippen LogP contribution in [-0.4, -0.2) is 59.8 Å². The fourth-order valence-corrected chi connectivity index (χ4v) is 2.61. The SMILES string of the molecule is Cc1[nH]c(=S)nc2c1ncn2C1OC(CO)C(O)C1O. The van der Waals surface area contributed by atoms with E-state index in [0.29, 0.717) is 15.9 Å². The average Bonchev–Trinajstić information content (AvgIpc) is 2.93. The Morgan fingerprint density at radius 3 is 2.85 bits per heavy atom. The Bertz CT molecular complexity index is 699. The van der Waals surface area contributed by atoms with Gasteiger partial charge in [0, 0.05) is 5.69 Å². The summed E-state index contributed by atoms with van der Waals surface area (Å²) in [6, 6.07) is 0. The van der Waals surface area contributed by atoms with E-state index in [-0.39, 0.29) is 6.61 Å². The summed E-state index contributed by atoms with van der Waals surface area (Å²) in [4.78, 5) is 11.3. The zero-order valence-corrected chi connectivity index (χ0v) is 11.4. The molecule has 0 aliphatic carbocycles. The number of H-pyrrole nitrogens is 1. The molecule has 0 amide bonds. The Balaban J connectivity index is 2.09. The molecule has 1 saturated heterocycles. The van der Waals surface area contributed by atoms with Crippen LogP contribution in [0.3, 0.4) is 0 Å². The Labute approximate surface area is 118 Å². The summed E-state index contributed by atoms with van der Waals surface area (Å²) >= 11 is 5.03. The third-order valence-corrected chi connectivity index (χ3v) is 3.61. The molecule has 1 fully saturated rings. The molecule has 0 radical (unpaired) electrons. The molecule has 2 aromatic heterocycles. The van der Waals surface area contributed by atoms with E-state index in [9.17, 15) is 10.2 Å². The minimum absolute atomic E-state index is 0.295. The van der Waals surface area contributed by atoms with Crippen LogP contribution in [0.25, 0.3) is 11.2 Å². The molecule has 4 atom stereocenters. The molecular formula is C11H14N4O4S. The maximum atomic E-state index is 10.0. The van der Waals surface area contributed by atoms with Gasteiger partial charge < -0.3 is 25.0 Å². The minimum atomic E-state index is -1.18. The van der Waals surface area contributed by atoms with Crippen molar-refractivity contribution in [2.75, 3.05) is 6.61 Å². The molecule has 108 valence electrons. The van der Waals surface area contributed by atoms with Gasteiger partial charge in [0.25, 0.3) is 0 Å². The number of fused-ring (bicyclic) bond motifs is 1. The first-order valence-corrected chi connectivity index (χ1v) is 6.49. The van der Waals surface area contributed by atoms with Crippen molar-refractivity contribution < 1.29 is 20.1 Å². The van der Waals surface area contributed by atoms with E-state index in [2.05, 4.69) is 15.0 Å². The topological polar surface area (TPSA) is 116 Å². The Morgan fingerprint density at radius 1 is 1.45 bits per heavy atom. The first kappa shape index (κ1) is 13.6. The van der Waals surface area contributed by atoms with Crippen molar-refractivity contribution in [3.8, 4) is 0 Å². The molecule has 2 aromatic rings. The number of nitrogens with one attached hydrogen (secondary N) is 1. The third-order valence-electron chi connectivity index (χ3n) is 3.42. The highest BCUT2D eigenvalue weighted by Crippen LogP contribution is 2.31. The molecule has 0 spiro atoms. The van der Waals surface area contributed by atoms with Gasteiger partial charge in [0.1, 0.15) is 23.8 Å². The molecular weight excluding hydrogens is 284 g/mol. The number of imidazole rings is 1. The number of aromatic nitrogens is 4. The Hall–Kier alpha value is -1.39. The van der Waals surface area contributed by atoms with Crippen LogP contribution in [-0.2, 0) is 4.74 Å². The third kappa shape index (κ3) is 1.95. The van der Waals surface area contributed by atoms with Gasteiger partial charge in [-0.15, -0.1) is 0 Å². The molecule has 8 nitrogen and oxygen atoms in total. The lowest BCUT2D eigenvalue weighted by molar-refractivity contribution is -0.0511. The van der Waals surface area contributed by atoms with Gasteiger partial charge in [-0.1, -0.05) is 0 Å². The molecule has 3 rings (SSSR count). The van der Waals surface area contributed by atoms with E-state index in [1.54, 1.807) is 0 Å². The fraction of sp³-hybridized carbons (Fsp3) is 0.545. The average molecular weight is 298 g/mol. The van der Waals surface area contributed by atoms with Gasteiger partial charge in [0.05, 0.1) is 12.9 Å². The van der Waals surface area contributed by atoms with Crippen molar-refractivity contribution in [2.24, 2.45) is 0 Å². The zero-order valence-electron chi connectivity index (χ0n) is 10.6. The summed E-state index contributed by atoms with van der Waals surface area (Å²) < 4.78 is 7.26. The lowest BCUT2D eigenvalue weighted by Gasteiger charge is -2.16. The summed E-state index contributed by atoms with van der Waals surface area (Å²) in [6.07, 6.45) is -2.58. The zero-order chi connectivity index (χ0) is 14.4. The lowest BCUT2D eigenvalue weighted by atomic mass is 10.1. The molecule has 0 aromatic carbocycles. The Kier molecular flexibility index (Phi) is 3.30. The summed E-state index contributed by atoms with van der Waals surface area (Å²) in [5, 5.41) is 28.9. The number of aryl methyl sites for hydroxylation is 1. The van der Waals surface area contributed by atoms with Crippen LogP contribution >= 0.6 is 12.2 Å². The van der Waals surface area contributed by atoms with E-state index in [0.717, 1.165) is 5.69 Å². The number of rotatable bonds is 2. The monoisotopic (exact) mass is 298 g/mol.